The lowest BCUT2D eigenvalue weighted by molar-refractivity contribution is -0.00425. The minimum Gasteiger partial charge on any atom is -0.192 e. The van der Waals surface area contributed by atoms with Gasteiger partial charge in [0, 0.05) is 0 Å². The molecule has 4 rings (SSSR count). The molecule has 0 heterocycles. The molecule has 0 amide bonds. The van der Waals surface area contributed by atoms with Crippen molar-refractivity contribution in [2.45, 2.75) is 71.1 Å². The van der Waals surface area contributed by atoms with Crippen LogP contribution in [0.2, 0.25) is 0 Å². The van der Waals surface area contributed by atoms with Gasteiger partial charge in [-0.15, -0.1) is 0 Å². The highest BCUT2D eigenvalue weighted by molar-refractivity contribution is 5.49. The van der Waals surface area contributed by atoms with E-state index in [0.717, 1.165) is 23.3 Å². The van der Waals surface area contributed by atoms with Crippen LogP contribution in [0.1, 0.15) is 80.0 Å². The van der Waals surface area contributed by atoms with E-state index in [-0.39, 0.29) is 0 Å². The zero-order chi connectivity index (χ0) is 15.3. The summed E-state index contributed by atoms with van der Waals surface area (Å²) in [6.45, 7) is 4.73. The summed E-state index contributed by atoms with van der Waals surface area (Å²) < 4.78 is 0. The van der Waals surface area contributed by atoms with E-state index in [4.69, 9.17) is 0 Å². The number of hydrogen-bond donors (Lipinski definition) is 0. The van der Waals surface area contributed by atoms with Gasteiger partial charge in [0.2, 0.25) is 0 Å². The van der Waals surface area contributed by atoms with Gasteiger partial charge in [0.15, 0.2) is 0 Å². The lowest BCUT2D eigenvalue weighted by atomic mass is 9.51. The molecule has 3 aliphatic carbocycles. The van der Waals surface area contributed by atoms with Crippen molar-refractivity contribution >= 4 is 0 Å². The largest absolute Gasteiger partial charge is 0.192 e. The van der Waals surface area contributed by atoms with Gasteiger partial charge in [0.05, 0.1) is 11.6 Å². The van der Waals surface area contributed by atoms with Crippen molar-refractivity contribution in [3.05, 3.63) is 34.4 Å². The maximum absolute atomic E-state index is 9.29. The minimum absolute atomic E-state index is 0.624. The Kier molecular flexibility index (Phi) is 3.33. The van der Waals surface area contributed by atoms with Crippen LogP contribution in [0.5, 0.6) is 0 Å². The first kappa shape index (κ1) is 14.3. The summed E-state index contributed by atoms with van der Waals surface area (Å²) in [5.41, 5.74) is 5.88. The van der Waals surface area contributed by atoms with E-state index in [1.165, 1.54) is 62.5 Å². The van der Waals surface area contributed by atoms with E-state index in [0.29, 0.717) is 5.41 Å². The van der Waals surface area contributed by atoms with Gasteiger partial charge in [-0.1, -0.05) is 25.8 Å². The van der Waals surface area contributed by atoms with Crippen LogP contribution in [-0.4, -0.2) is 0 Å². The highest BCUT2D eigenvalue weighted by Crippen LogP contribution is 2.59. The van der Waals surface area contributed by atoms with Gasteiger partial charge in [-0.3, -0.25) is 0 Å². The molecule has 2 fully saturated rings. The zero-order valence-electron chi connectivity index (χ0n) is 14.0. The van der Waals surface area contributed by atoms with Crippen molar-refractivity contribution < 1.29 is 0 Å². The van der Waals surface area contributed by atoms with Gasteiger partial charge >= 0.3 is 0 Å². The fraction of sp³-hybridized carbons (Fsp3) is 0.667. The molecule has 3 unspecified atom stereocenters. The second-order valence-electron chi connectivity index (χ2n) is 8.27. The molecule has 116 valence electrons. The van der Waals surface area contributed by atoms with E-state index in [1.54, 1.807) is 5.56 Å². The van der Waals surface area contributed by atoms with Crippen LogP contribution in [-0.2, 0) is 6.42 Å². The average Bonchev–Trinajstić information content (AvgIpc) is 2.54. The smallest absolute Gasteiger partial charge is 0.0994 e. The number of nitriles is 1. The molecule has 1 aromatic rings. The van der Waals surface area contributed by atoms with Crippen LogP contribution in [0.15, 0.2) is 12.1 Å². The summed E-state index contributed by atoms with van der Waals surface area (Å²) in [6, 6.07) is 6.74. The molecule has 1 heteroatoms. The Morgan fingerprint density at radius 1 is 1.14 bits per heavy atom. The van der Waals surface area contributed by atoms with E-state index >= 15 is 0 Å². The number of benzene rings is 1. The van der Waals surface area contributed by atoms with E-state index < -0.39 is 0 Å². The van der Waals surface area contributed by atoms with Crippen molar-refractivity contribution in [3.63, 3.8) is 0 Å². The molecule has 0 spiro atoms. The van der Waals surface area contributed by atoms with E-state index in [9.17, 15) is 5.26 Å². The maximum Gasteiger partial charge on any atom is 0.0994 e. The van der Waals surface area contributed by atoms with Gasteiger partial charge in [-0.25, -0.2) is 0 Å². The average molecular weight is 293 g/mol. The van der Waals surface area contributed by atoms with Gasteiger partial charge in [0.25, 0.3) is 0 Å². The Bertz CT molecular complexity index is 638. The molecule has 0 radical (unpaired) electrons. The van der Waals surface area contributed by atoms with Crippen LogP contribution >= 0.6 is 0 Å². The molecule has 1 nitrogen and oxygen atoms in total. The third-order valence-corrected chi connectivity index (χ3v) is 7.35. The molecular weight excluding hydrogens is 266 g/mol. The SMILES string of the molecule is Cc1c(C#N)ccc2c1CCC1C2CC[C@]2(C)CCCCC12. The monoisotopic (exact) mass is 293 g/mol. The first-order chi connectivity index (χ1) is 10.6. The summed E-state index contributed by atoms with van der Waals surface area (Å²) >= 11 is 0. The molecule has 0 saturated heterocycles. The van der Waals surface area contributed by atoms with Crippen LogP contribution in [0.4, 0.5) is 0 Å². The highest BCUT2D eigenvalue weighted by atomic mass is 14.5. The Balaban J connectivity index is 1.73. The molecule has 0 N–H and O–H groups in total. The van der Waals surface area contributed by atoms with Gasteiger partial charge < -0.3 is 0 Å². The predicted molar refractivity (Wildman–Crippen MR) is 89.7 cm³/mol. The topological polar surface area (TPSA) is 23.8 Å². The van der Waals surface area contributed by atoms with Crippen molar-refractivity contribution in [1.29, 1.82) is 5.26 Å². The molecule has 0 aliphatic heterocycles. The number of fused-ring (bicyclic) bond motifs is 5. The minimum atomic E-state index is 0.624. The molecule has 0 aromatic heterocycles. The fourth-order valence-corrected chi connectivity index (χ4v) is 6.13. The molecular formula is C21H27N. The molecule has 4 atom stereocenters. The Hall–Kier alpha value is -1.29. The Labute approximate surface area is 134 Å². The van der Waals surface area contributed by atoms with E-state index in [1.807, 2.05) is 0 Å². The lowest BCUT2D eigenvalue weighted by Gasteiger charge is -2.54. The van der Waals surface area contributed by atoms with Gasteiger partial charge in [-0.05, 0) is 91.4 Å². The zero-order valence-corrected chi connectivity index (χ0v) is 14.0. The second kappa shape index (κ2) is 5.12. The summed E-state index contributed by atoms with van der Waals surface area (Å²) in [6.07, 6.45) is 11.2. The predicted octanol–water partition coefficient (Wildman–Crippen LogP) is 5.50. The third kappa shape index (κ3) is 1.96. The maximum atomic E-state index is 9.29. The van der Waals surface area contributed by atoms with Crippen LogP contribution in [0.3, 0.4) is 0 Å². The first-order valence-corrected chi connectivity index (χ1v) is 9.16. The van der Waals surface area contributed by atoms with Crippen molar-refractivity contribution in [3.8, 4) is 6.07 Å². The third-order valence-electron chi connectivity index (χ3n) is 7.35. The first-order valence-electron chi connectivity index (χ1n) is 9.16. The lowest BCUT2D eigenvalue weighted by Crippen LogP contribution is -2.44. The summed E-state index contributed by atoms with van der Waals surface area (Å²) in [5.74, 6) is 2.62. The van der Waals surface area contributed by atoms with Crippen molar-refractivity contribution in [2.24, 2.45) is 17.3 Å². The number of nitrogens with zero attached hydrogens (tertiary/aromatic N) is 1. The van der Waals surface area contributed by atoms with E-state index in [2.05, 4.69) is 32.0 Å². The Morgan fingerprint density at radius 2 is 2.00 bits per heavy atom. The summed E-state index contributed by atoms with van der Waals surface area (Å²) in [4.78, 5) is 0. The second-order valence-corrected chi connectivity index (χ2v) is 8.27. The van der Waals surface area contributed by atoms with Crippen LogP contribution in [0.25, 0.3) is 0 Å². The molecule has 2 saturated carbocycles. The van der Waals surface area contributed by atoms with Gasteiger partial charge in [0.1, 0.15) is 0 Å². The number of hydrogen-bond acceptors (Lipinski definition) is 1. The molecule has 1 aromatic carbocycles. The Morgan fingerprint density at radius 3 is 2.82 bits per heavy atom. The van der Waals surface area contributed by atoms with Crippen molar-refractivity contribution in [2.75, 3.05) is 0 Å². The molecule has 3 aliphatic rings. The van der Waals surface area contributed by atoms with Crippen LogP contribution in [0, 0.1) is 35.5 Å². The normalized spacial score (nSPS) is 36.7. The molecule has 22 heavy (non-hydrogen) atoms. The van der Waals surface area contributed by atoms with Crippen molar-refractivity contribution in [1.82, 2.24) is 0 Å². The molecule has 0 bridgehead atoms. The fourth-order valence-electron chi connectivity index (χ4n) is 6.13. The summed E-state index contributed by atoms with van der Waals surface area (Å²) in [5, 5.41) is 9.29. The highest BCUT2D eigenvalue weighted by Gasteiger charge is 2.48. The van der Waals surface area contributed by atoms with Gasteiger partial charge in [-0.2, -0.15) is 5.26 Å². The quantitative estimate of drug-likeness (QED) is 0.619. The standard InChI is InChI=1S/C21H27N/c1-14-15(13-22)6-7-17-16(14)8-9-19-18(17)10-12-21(2)11-4-3-5-20(19)21/h6-7,18-20H,3-5,8-12H2,1-2H3/t18?,19?,20?,21-/m0/s1. The van der Waals surface area contributed by atoms with Crippen LogP contribution < -0.4 is 0 Å². The summed E-state index contributed by atoms with van der Waals surface area (Å²) in [7, 11) is 0. The number of rotatable bonds is 0.